The number of methoxy groups -OCH3 is 1. The molecule has 0 amide bonds. The molecule has 3 heterocycles. The second-order valence-electron chi connectivity index (χ2n) is 4.69. The van der Waals surface area contributed by atoms with Crippen molar-refractivity contribution in [2.75, 3.05) is 12.9 Å². The van der Waals surface area contributed by atoms with Gasteiger partial charge in [0.1, 0.15) is 5.25 Å². The maximum Gasteiger partial charge on any atom is 0.338 e. The number of carbonyl (C=O) groups is 1. The van der Waals surface area contributed by atoms with Crippen LogP contribution >= 0.6 is 0 Å². The maximum atomic E-state index is 12.0. The molecule has 0 radical (unpaired) electrons. The second kappa shape index (κ2) is 4.55. The summed E-state index contributed by atoms with van der Waals surface area (Å²) in [6.07, 6.45) is 2.80. The van der Waals surface area contributed by atoms with Gasteiger partial charge >= 0.3 is 5.97 Å². The summed E-state index contributed by atoms with van der Waals surface area (Å²) in [4.78, 5) is 11.4. The van der Waals surface area contributed by atoms with Crippen LogP contribution in [0.5, 0.6) is 0 Å². The predicted molar refractivity (Wildman–Crippen MR) is 70.1 cm³/mol. The number of aromatic nitrogens is 3. The van der Waals surface area contributed by atoms with Crippen molar-refractivity contribution in [2.24, 2.45) is 0 Å². The Labute approximate surface area is 115 Å². The highest BCUT2D eigenvalue weighted by atomic mass is 32.2. The largest absolute Gasteiger partial charge is 0.465 e. The van der Waals surface area contributed by atoms with Crippen molar-refractivity contribution in [3.63, 3.8) is 0 Å². The van der Waals surface area contributed by atoms with Gasteiger partial charge in [0.25, 0.3) is 0 Å². The summed E-state index contributed by atoms with van der Waals surface area (Å²) >= 11 is 0. The molecule has 106 valence electrons. The molecule has 1 aliphatic heterocycles. The number of sulfone groups is 1. The fourth-order valence-electron chi connectivity index (χ4n) is 2.46. The normalized spacial score (nSPS) is 21.1. The fourth-order valence-corrected chi connectivity index (χ4v) is 4.32. The van der Waals surface area contributed by atoms with Crippen LogP contribution in [-0.2, 0) is 14.6 Å². The Hall–Kier alpha value is -1.96. The molecule has 20 heavy (non-hydrogen) atoms. The van der Waals surface area contributed by atoms with Gasteiger partial charge in [0.05, 0.1) is 18.4 Å². The molecule has 1 fully saturated rings. The van der Waals surface area contributed by atoms with E-state index in [9.17, 15) is 13.2 Å². The van der Waals surface area contributed by atoms with Crippen LogP contribution in [-0.4, -0.2) is 41.8 Å². The van der Waals surface area contributed by atoms with Crippen molar-refractivity contribution < 1.29 is 17.9 Å². The number of carbonyl (C=O) groups excluding carboxylic acids is 1. The average Bonchev–Trinajstić information content (AvgIpc) is 2.99. The van der Waals surface area contributed by atoms with Gasteiger partial charge in [0.2, 0.25) is 0 Å². The molecular weight excluding hydrogens is 282 g/mol. The third-order valence-corrected chi connectivity index (χ3v) is 5.65. The number of pyridine rings is 1. The standard InChI is InChI=1S/C12H13N3O4S/c1-19-12(16)8-4-5-15-10(7-8)13-14-11(15)9-3-2-6-20(9,17)18/h4-5,7,9H,2-3,6H2,1H3. The lowest BCUT2D eigenvalue weighted by Crippen LogP contribution is -2.11. The minimum atomic E-state index is -3.15. The zero-order valence-electron chi connectivity index (χ0n) is 10.8. The van der Waals surface area contributed by atoms with E-state index in [4.69, 9.17) is 0 Å². The zero-order chi connectivity index (χ0) is 14.3. The van der Waals surface area contributed by atoms with E-state index in [1.807, 2.05) is 0 Å². The molecule has 7 nitrogen and oxygen atoms in total. The number of fused-ring (bicyclic) bond motifs is 1. The minimum absolute atomic E-state index is 0.187. The number of ether oxygens (including phenoxy) is 1. The summed E-state index contributed by atoms with van der Waals surface area (Å²) in [7, 11) is -1.85. The van der Waals surface area contributed by atoms with Crippen LogP contribution in [0.2, 0.25) is 0 Å². The number of esters is 1. The van der Waals surface area contributed by atoms with Crippen LogP contribution in [0, 0.1) is 0 Å². The number of hydrogen-bond donors (Lipinski definition) is 0. The predicted octanol–water partition coefficient (Wildman–Crippen LogP) is 0.766. The summed E-state index contributed by atoms with van der Waals surface area (Å²) in [5.74, 6) is 0.131. The molecule has 1 atom stereocenters. The first-order valence-electron chi connectivity index (χ1n) is 6.17. The van der Waals surface area contributed by atoms with Crippen molar-refractivity contribution in [3.05, 3.63) is 29.7 Å². The molecular formula is C12H13N3O4S. The lowest BCUT2D eigenvalue weighted by atomic mass is 10.2. The van der Waals surface area contributed by atoms with E-state index < -0.39 is 21.1 Å². The summed E-state index contributed by atoms with van der Waals surface area (Å²) in [5, 5.41) is 7.32. The van der Waals surface area contributed by atoms with E-state index in [0.717, 1.165) is 0 Å². The van der Waals surface area contributed by atoms with E-state index in [1.165, 1.54) is 13.2 Å². The summed E-state index contributed by atoms with van der Waals surface area (Å²) in [5.41, 5.74) is 0.790. The minimum Gasteiger partial charge on any atom is -0.465 e. The number of hydrogen-bond acceptors (Lipinski definition) is 6. The smallest absolute Gasteiger partial charge is 0.338 e. The van der Waals surface area contributed by atoms with Gasteiger partial charge < -0.3 is 4.74 Å². The van der Waals surface area contributed by atoms with E-state index in [0.29, 0.717) is 29.9 Å². The van der Waals surface area contributed by atoms with Crippen molar-refractivity contribution in [3.8, 4) is 0 Å². The summed E-state index contributed by atoms with van der Waals surface area (Å²) in [6, 6.07) is 3.09. The average molecular weight is 295 g/mol. The van der Waals surface area contributed by atoms with Gasteiger partial charge in [-0.25, -0.2) is 13.2 Å². The third kappa shape index (κ3) is 1.96. The van der Waals surface area contributed by atoms with Gasteiger partial charge in [0, 0.05) is 6.20 Å². The van der Waals surface area contributed by atoms with Gasteiger partial charge in [-0.05, 0) is 25.0 Å². The van der Waals surface area contributed by atoms with Crippen molar-refractivity contribution >= 4 is 21.5 Å². The molecule has 1 unspecified atom stereocenters. The first kappa shape index (κ1) is 13.0. The SMILES string of the molecule is COC(=O)c1ccn2c(C3CCCS3(=O)=O)nnc2c1. The zero-order valence-corrected chi connectivity index (χ0v) is 11.6. The number of rotatable bonds is 2. The van der Waals surface area contributed by atoms with Crippen molar-refractivity contribution in [1.82, 2.24) is 14.6 Å². The highest BCUT2D eigenvalue weighted by Gasteiger charge is 2.36. The van der Waals surface area contributed by atoms with E-state index >= 15 is 0 Å². The molecule has 0 N–H and O–H groups in total. The molecule has 8 heteroatoms. The van der Waals surface area contributed by atoms with Crippen molar-refractivity contribution in [1.29, 1.82) is 0 Å². The summed E-state index contributed by atoms with van der Waals surface area (Å²) in [6.45, 7) is 0. The van der Waals surface area contributed by atoms with E-state index in [2.05, 4.69) is 14.9 Å². The molecule has 0 bridgehead atoms. The molecule has 2 aromatic rings. The maximum absolute atomic E-state index is 12.0. The first-order valence-corrected chi connectivity index (χ1v) is 7.89. The van der Waals surface area contributed by atoms with Crippen molar-refractivity contribution in [2.45, 2.75) is 18.1 Å². The molecule has 0 saturated carbocycles. The Balaban J connectivity index is 2.09. The Bertz CT molecular complexity index is 781. The van der Waals surface area contributed by atoms with Gasteiger partial charge in [-0.15, -0.1) is 10.2 Å². The van der Waals surface area contributed by atoms with Crippen LogP contribution in [0.3, 0.4) is 0 Å². The van der Waals surface area contributed by atoms with Crippen LogP contribution in [0.4, 0.5) is 0 Å². The van der Waals surface area contributed by atoms with Gasteiger partial charge in [-0.1, -0.05) is 0 Å². The molecule has 2 aromatic heterocycles. The fraction of sp³-hybridized carbons (Fsp3) is 0.417. The molecule has 0 aromatic carbocycles. The first-order chi connectivity index (χ1) is 9.53. The van der Waals surface area contributed by atoms with Crippen LogP contribution in [0.1, 0.15) is 34.3 Å². The lowest BCUT2D eigenvalue weighted by molar-refractivity contribution is 0.0600. The van der Waals surface area contributed by atoms with Gasteiger partial charge in [-0.3, -0.25) is 4.40 Å². The Morgan fingerprint density at radius 2 is 2.25 bits per heavy atom. The Morgan fingerprint density at radius 1 is 1.45 bits per heavy atom. The summed E-state index contributed by atoms with van der Waals surface area (Å²) < 4.78 is 30.2. The molecule has 0 spiro atoms. The molecule has 1 aliphatic rings. The third-order valence-electron chi connectivity index (χ3n) is 3.47. The topological polar surface area (TPSA) is 90.6 Å². The van der Waals surface area contributed by atoms with E-state index in [-0.39, 0.29) is 5.75 Å². The van der Waals surface area contributed by atoms with Gasteiger partial charge in [-0.2, -0.15) is 0 Å². The monoisotopic (exact) mass is 295 g/mol. The second-order valence-corrected chi connectivity index (χ2v) is 6.99. The quantitative estimate of drug-likeness (QED) is 0.760. The van der Waals surface area contributed by atoms with Gasteiger partial charge in [0.15, 0.2) is 21.3 Å². The van der Waals surface area contributed by atoms with Crippen LogP contribution < -0.4 is 0 Å². The molecule has 1 saturated heterocycles. The lowest BCUT2D eigenvalue weighted by Gasteiger charge is -2.07. The number of nitrogens with zero attached hydrogens (tertiary/aromatic N) is 3. The Morgan fingerprint density at radius 3 is 2.90 bits per heavy atom. The Kier molecular flexibility index (Phi) is 2.97. The van der Waals surface area contributed by atoms with Crippen LogP contribution in [0.25, 0.3) is 5.65 Å². The van der Waals surface area contributed by atoms with E-state index in [1.54, 1.807) is 16.7 Å². The molecule has 3 rings (SSSR count). The highest BCUT2D eigenvalue weighted by molar-refractivity contribution is 7.91. The molecule has 0 aliphatic carbocycles. The van der Waals surface area contributed by atoms with Crippen LogP contribution in [0.15, 0.2) is 18.3 Å². The highest BCUT2D eigenvalue weighted by Crippen LogP contribution is 2.33.